The van der Waals surface area contributed by atoms with Crippen LogP contribution in [0.3, 0.4) is 0 Å². The summed E-state index contributed by atoms with van der Waals surface area (Å²) in [6.45, 7) is 1.96. The van der Waals surface area contributed by atoms with Crippen LogP contribution in [-0.2, 0) is 7.05 Å². The Morgan fingerprint density at radius 1 is 1.48 bits per heavy atom. The van der Waals surface area contributed by atoms with Crippen molar-refractivity contribution >= 4 is 11.6 Å². The van der Waals surface area contributed by atoms with Crippen molar-refractivity contribution in [3.8, 4) is 11.8 Å². The molecule has 6 heteroatoms. The molecule has 1 aromatic carbocycles. The molecule has 1 aromatic heterocycles. The van der Waals surface area contributed by atoms with E-state index in [4.69, 9.17) is 5.73 Å². The Kier molecular flexibility index (Phi) is 4.36. The van der Waals surface area contributed by atoms with Gasteiger partial charge in [0.1, 0.15) is 11.5 Å². The van der Waals surface area contributed by atoms with E-state index in [9.17, 15) is 9.18 Å². The second-order valence-electron chi connectivity index (χ2n) is 4.44. The molecule has 3 N–H and O–H groups in total. The van der Waals surface area contributed by atoms with E-state index in [1.54, 1.807) is 20.0 Å². The average Bonchev–Trinajstić information content (AvgIpc) is 2.78. The Bertz CT molecular complexity index is 740. The first kappa shape index (κ1) is 14.8. The number of nitrogens with one attached hydrogen (secondary N) is 1. The standard InChI is InChI=1S/C15H15FN4O/c1-10-8-14(20(2)19-10)15(21)18-13-6-5-12(16)9-11(13)4-3-7-17/h5-6,8-9H,7,17H2,1-2H3,(H,18,21). The van der Waals surface area contributed by atoms with Gasteiger partial charge in [0.15, 0.2) is 0 Å². The third-order valence-electron chi connectivity index (χ3n) is 2.79. The summed E-state index contributed by atoms with van der Waals surface area (Å²) < 4.78 is 14.8. The molecule has 5 nitrogen and oxygen atoms in total. The summed E-state index contributed by atoms with van der Waals surface area (Å²) in [6.07, 6.45) is 0. The molecule has 1 amide bonds. The molecule has 0 spiro atoms. The Morgan fingerprint density at radius 2 is 2.24 bits per heavy atom. The van der Waals surface area contributed by atoms with Crippen molar-refractivity contribution in [1.29, 1.82) is 0 Å². The molecule has 0 atom stereocenters. The predicted molar refractivity (Wildman–Crippen MR) is 78.2 cm³/mol. The van der Waals surface area contributed by atoms with E-state index in [2.05, 4.69) is 22.3 Å². The lowest BCUT2D eigenvalue weighted by atomic mass is 10.1. The molecule has 2 aromatic rings. The number of halogens is 1. The summed E-state index contributed by atoms with van der Waals surface area (Å²) in [5, 5.41) is 6.82. The molecule has 0 bridgehead atoms. The van der Waals surface area contributed by atoms with Crippen LogP contribution in [0.25, 0.3) is 0 Å². The van der Waals surface area contributed by atoms with E-state index in [1.165, 1.54) is 22.9 Å². The number of amides is 1. The van der Waals surface area contributed by atoms with Gasteiger partial charge in [-0.3, -0.25) is 9.48 Å². The number of carbonyl (C=O) groups excluding carboxylic acids is 1. The molecular formula is C15H15FN4O. The smallest absolute Gasteiger partial charge is 0.273 e. The van der Waals surface area contributed by atoms with Crippen LogP contribution in [0.2, 0.25) is 0 Å². The second kappa shape index (κ2) is 6.20. The quantitative estimate of drug-likeness (QED) is 0.820. The molecule has 0 fully saturated rings. The van der Waals surface area contributed by atoms with E-state index in [1.807, 2.05) is 0 Å². The van der Waals surface area contributed by atoms with Gasteiger partial charge < -0.3 is 11.1 Å². The fourth-order valence-corrected chi connectivity index (χ4v) is 1.88. The Morgan fingerprint density at radius 3 is 2.86 bits per heavy atom. The SMILES string of the molecule is Cc1cc(C(=O)Nc2ccc(F)cc2C#CCN)n(C)n1. The zero-order valence-electron chi connectivity index (χ0n) is 11.8. The lowest BCUT2D eigenvalue weighted by Crippen LogP contribution is -2.16. The summed E-state index contributed by atoms with van der Waals surface area (Å²) in [7, 11) is 1.68. The van der Waals surface area contributed by atoms with E-state index >= 15 is 0 Å². The van der Waals surface area contributed by atoms with Crippen LogP contribution < -0.4 is 11.1 Å². The lowest BCUT2D eigenvalue weighted by Gasteiger charge is -2.07. The molecule has 1 heterocycles. The van der Waals surface area contributed by atoms with E-state index < -0.39 is 5.82 Å². The molecule has 0 saturated heterocycles. The third kappa shape index (κ3) is 3.46. The van der Waals surface area contributed by atoms with E-state index in [0.717, 1.165) is 5.69 Å². The number of rotatable bonds is 2. The number of hydrogen-bond donors (Lipinski definition) is 2. The molecule has 0 aliphatic heterocycles. The van der Waals surface area contributed by atoms with Crippen molar-refractivity contribution in [3.05, 3.63) is 47.0 Å². The highest BCUT2D eigenvalue weighted by molar-refractivity contribution is 6.03. The Labute approximate surface area is 122 Å². The highest BCUT2D eigenvalue weighted by atomic mass is 19.1. The number of nitrogens with zero attached hydrogens (tertiary/aromatic N) is 2. The van der Waals surface area contributed by atoms with Crippen molar-refractivity contribution in [2.24, 2.45) is 12.8 Å². The first-order valence-corrected chi connectivity index (χ1v) is 6.31. The van der Waals surface area contributed by atoms with Crippen LogP contribution in [0.4, 0.5) is 10.1 Å². The highest BCUT2D eigenvalue weighted by Crippen LogP contribution is 2.17. The minimum Gasteiger partial charge on any atom is -0.320 e. The molecule has 0 radical (unpaired) electrons. The van der Waals surface area contributed by atoms with Crippen molar-refractivity contribution in [1.82, 2.24) is 9.78 Å². The molecule has 21 heavy (non-hydrogen) atoms. The molecular weight excluding hydrogens is 271 g/mol. The van der Waals surface area contributed by atoms with Gasteiger partial charge in [0.05, 0.1) is 23.5 Å². The van der Waals surface area contributed by atoms with E-state index in [-0.39, 0.29) is 12.5 Å². The normalized spacial score (nSPS) is 9.90. The van der Waals surface area contributed by atoms with E-state index in [0.29, 0.717) is 16.9 Å². The van der Waals surface area contributed by atoms with Gasteiger partial charge in [-0.05, 0) is 31.2 Å². The number of aromatic nitrogens is 2. The summed E-state index contributed by atoms with van der Waals surface area (Å²) >= 11 is 0. The lowest BCUT2D eigenvalue weighted by molar-refractivity contribution is 0.101. The van der Waals surface area contributed by atoms with Crippen LogP contribution in [0.5, 0.6) is 0 Å². The number of hydrogen-bond acceptors (Lipinski definition) is 3. The van der Waals surface area contributed by atoms with Gasteiger partial charge in [-0.15, -0.1) is 0 Å². The van der Waals surface area contributed by atoms with Gasteiger partial charge in [-0.1, -0.05) is 11.8 Å². The number of anilines is 1. The number of benzene rings is 1. The molecule has 0 saturated carbocycles. The van der Waals surface area contributed by atoms with Gasteiger partial charge in [0, 0.05) is 7.05 Å². The largest absolute Gasteiger partial charge is 0.320 e. The molecule has 0 aliphatic carbocycles. The zero-order valence-corrected chi connectivity index (χ0v) is 11.8. The van der Waals surface area contributed by atoms with Gasteiger partial charge in [-0.25, -0.2) is 4.39 Å². The summed E-state index contributed by atoms with van der Waals surface area (Å²) in [6, 6.07) is 5.66. The van der Waals surface area contributed by atoms with Crippen LogP contribution in [0.15, 0.2) is 24.3 Å². The monoisotopic (exact) mass is 286 g/mol. The Balaban J connectivity index is 2.31. The topological polar surface area (TPSA) is 72.9 Å². The molecule has 108 valence electrons. The fraction of sp³-hybridized carbons (Fsp3) is 0.200. The van der Waals surface area contributed by atoms with Gasteiger partial charge in [0.25, 0.3) is 5.91 Å². The maximum atomic E-state index is 13.3. The maximum absolute atomic E-state index is 13.3. The minimum atomic E-state index is -0.425. The highest BCUT2D eigenvalue weighted by Gasteiger charge is 2.13. The summed E-state index contributed by atoms with van der Waals surface area (Å²) in [4.78, 5) is 12.2. The number of nitrogens with two attached hydrogens (primary N) is 1. The first-order chi connectivity index (χ1) is 10.0. The minimum absolute atomic E-state index is 0.158. The number of aryl methyl sites for hydroxylation is 2. The number of carbonyl (C=O) groups is 1. The van der Waals surface area contributed by atoms with Gasteiger partial charge in [-0.2, -0.15) is 5.10 Å². The molecule has 2 rings (SSSR count). The first-order valence-electron chi connectivity index (χ1n) is 6.31. The van der Waals surface area contributed by atoms with Crippen LogP contribution in [0.1, 0.15) is 21.7 Å². The summed E-state index contributed by atoms with van der Waals surface area (Å²) in [5.41, 5.74) is 7.28. The predicted octanol–water partition coefficient (Wildman–Crippen LogP) is 1.43. The fourth-order valence-electron chi connectivity index (χ4n) is 1.88. The van der Waals surface area contributed by atoms with Crippen LogP contribution >= 0.6 is 0 Å². The third-order valence-corrected chi connectivity index (χ3v) is 2.79. The average molecular weight is 286 g/mol. The van der Waals surface area contributed by atoms with Gasteiger partial charge >= 0.3 is 0 Å². The van der Waals surface area contributed by atoms with Gasteiger partial charge in [0.2, 0.25) is 0 Å². The van der Waals surface area contributed by atoms with Crippen molar-refractivity contribution in [3.63, 3.8) is 0 Å². The van der Waals surface area contributed by atoms with Crippen LogP contribution in [-0.4, -0.2) is 22.2 Å². The second-order valence-corrected chi connectivity index (χ2v) is 4.44. The van der Waals surface area contributed by atoms with Crippen molar-refractivity contribution in [2.45, 2.75) is 6.92 Å². The van der Waals surface area contributed by atoms with Crippen molar-refractivity contribution in [2.75, 3.05) is 11.9 Å². The molecule has 0 unspecified atom stereocenters. The summed E-state index contributed by atoms with van der Waals surface area (Å²) in [5.74, 6) is 4.62. The Hall–Kier alpha value is -2.65. The zero-order chi connectivity index (χ0) is 15.4. The maximum Gasteiger partial charge on any atom is 0.273 e. The van der Waals surface area contributed by atoms with Crippen molar-refractivity contribution < 1.29 is 9.18 Å². The van der Waals surface area contributed by atoms with Crippen LogP contribution in [0, 0.1) is 24.6 Å². The molecule has 0 aliphatic rings.